The Morgan fingerprint density at radius 1 is 1.53 bits per heavy atom. The van der Waals surface area contributed by atoms with Crippen molar-refractivity contribution in [2.24, 2.45) is 11.7 Å². The van der Waals surface area contributed by atoms with E-state index in [0.29, 0.717) is 11.3 Å². The van der Waals surface area contributed by atoms with Gasteiger partial charge in [0.15, 0.2) is 10.4 Å². The fourth-order valence-electron chi connectivity index (χ4n) is 2.46. The van der Waals surface area contributed by atoms with Crippen LogP contribution in [0.1, 0.15) is 32.5 Å². The normalized spacial score (nSPS) is 13.3. The van der Waals surface area contributed by atoms with E-state index >= 15 is 0 Å². The summed E-state index contributed by atoms with van der Waals surface area (Å²) in [6, 6.07) is -0.470. The van der Waals surface area contributed by atoms with Gasteiger partial charge in [0.1, 0.15) is 11.6 Å². The highest BCUT2D eigenvalue weighted by atomic mass is 32.1. The van der Waals surface area contributed by atoms with Gasteiger partial charge in [-0.3, -0.25) is 9.36 Å². The molecule has 2 aromatic heterocycles. The monoisotopic (exact) mass is 281 g/mol. The number of H-pyrrole nitrogens is 1. The summed E-state index contributed by atoms with van der Waals surface area (Å²) in [5.74, 6) is -0.322. The molecule has 0 aliphatic carbocycles. The molecule has 0 aliphatic rings. The van der Waals surface area contributed by atoms with Crippen molar-refractivity contribution in [1.29, 1.82) is 0 Å². The third kappa shape index (κ3) is 2.07. The number of carbonyl (C=O) groups excluding carboxylic acids is 1. The molecule has 0 bridgehead atoms. The molecule has 2 heterocycles. The van der Waals surface area contributed by atoms with Gasteiger partial charge in [-0.1, -0.05) is 13.8 Å². The number of carbonyl (C=O) groups is 1. The number of aryl methyl sites for hydroxylation is 2. The van der Waals surface area contributed by atoms with Crippen LogP contribution in [0.25, 0.3) is 11.2 Å². The van der Waals surface area contributed by atoms with Gasteiger partial charge >= 0.3 is 0 Å². The van der Waals surface area contributed by atoms with Gasteiger partial charge in [0.2, 0.25) is 5.91 Å². The minimum absolute atomic E-state index is 0.0590. The molecular weight excluding hydrogens is 262 g/mol. The third-order valence-electron chi connectivity index (χ3n) is 3.28. The molecule has 0 aliphatic heterocycles. The van der Waals surface area contributed by atoms with Crippen LogP contribution in [0.4, 0.5) is 0 Å². The lowest BCUT2D eigenvalue weighted by molar-refractivity contribution is -0.122. The largest absolute Gasteiger partial charge is 0.368 e. The smallest absolute Gasteiger partial charge is 0.240 e. The summed E-state index contributed by atoms with van der Waals surface area (Å²) in [6.07, 6.45) is 0. The molecule has 1 amide bonds. The van der Waals surface area contributed by atoms with Gasteiger partial charge in [0.05, 0.1) is 5.69 Å². The summed E-state index contributed by atoms with van der Waals surface area (Å²) in [5.41, 5.74) is 8.12. The minimum Gasteiger partial charge on any atom is -0.368 e. The molecule has 0 spiro atoms. The van der Waals surface area contributed by atoms with Crippen LogP contribution in [0.2, 0.25) is 0 Å². The van der Waals surface area contributed by atoms with Crippen molar-refractivity contribution >= 4 is 29.3 Å². The number of primary amides is 1. The van der Waals surface area contributed by atoms with Gasteiger partial charge in [-0.25, -0.2) is 4.68 Å². The van der Waals surface area contributed by atoms with E-state index in [1.54, 1.807) is 4.57 Å². The van der Waals surface area contributed by atoms with E-state index in [1.807, 2.05) is 32.4 Å². The van der Waals surface area contributed by atoms with Crippen molar-refractivity contribution in [1.82, 2.24) is 19.3 Å². The molecule has 0 saturated heterocycles. The lowest BCUT2D eigenvalue weighted by Crippen LogP contribution is -2.31. The Kier molecular flexibility index (Phi) is 3.49. The van der Waals surface area contributed by atoms with Crippen LogP contribution in [-0.4, -0.2) is 25.2 Å². The molecular formula is C12H19N5OS. The first-order chi connectivity index (χ1) is 8.88. The highest BCUT2D eigenvalue weighted by Gasteiger charge is 2.26. The molecule has 1 unspecified atom stereocenters. The van der Waals surface area contributed by atoms with Crippen molar-refractivity contribution in [2.45, 2.75) is 40.3 Å². The highest BCUT2D eigenvalue weighted by molar-refractivity contribution is 7.71. The predicted molar refractivity (Wildman–Crippen MR) is 76.4 cm³/mol. The summed E-state index contributed by atoms with van der Waals surface area (Å²) < 4.78 is 4.14. The van der Waals surface area contributed by atoms with Crippen LogP contribution in [0.5, 0.6) is 0 Å². The van der Waals surface area contributed by atoms with Gasteiger partial charge < -0.3 is 10.7 Å². The topological polar surface area (TPSA) is 81.6 Å². The number of rotatable bonds is 4. The van der Waals surface area contributed by atoms with E-state index in [-0.39, 0.29) is 11.8 Å². The third-order valence-corrected chi connectivity index (χ3v) is 3.58. The summed E-state index contributed by atoms with van der Waals surface area (Å²) in [5, 5.41) is 4.44. The number of imidazole rings is 1. The molecule has 7 heteroatoms. The zero-order valence-electron chi connectivity index (χ0n) is 11.6. The number of nitrogens with zero attached hydrogens (tertiary/aromatic N) is 3. The quantitative estimate of drug-likeness (QED) is 0.840. The number of nitrogens with one attached hydrogen (secondary N) is 1. The Bertz CT molecular complexity index is 678. The van der Waals surface area contributed by atoms with Crippen LogP contribution >= 0.6 is 12.2 Å². The lowest BCUT2D eigenvalue weighted by Gasteiger charge is -2.20. The molecule has 3 N–H and O–H groups in total. The fraction of sp³-hybridized carbons (Fsp3) is 0.583. The standard InChI is InChI=1S/C12H19N5OS/c1-5-16-11-8(7(4)15-16)14-12(19)17(11)9(6(2)3)10(13)18/h6,9H,5H2,1-4H3,(H2,13,18)(H,14,19). The van der Waals surface area contributed by atoms with Crippen molar-refractivity contribution in [3.05, 3.63) is 10.5 Å². The first kappa shape index (κ1) is 13.8. The average molecular weight is 281 g/mol. The number of hydrogen-bond acceptors (Lipinski definition) is 3. The number of aromatic amines is 1. The number of hydrogen-bond donors (Lipinski definition) is 2. The Labute approximate surface area is 116 Å². The average Bonchev–Trinajstić information content (AvgIpc) is 2.78. The van der Waals surface area contributed by atoms with Gasteiger partial charge in [-0.2, -0.15) is 5.10 Å². The highest BCUT2D eigenvalue weighted by Crippen LogP contribution is 2.26. The zero-order valence-corrected chi connectivity index (χ0v) is 12.4. The number of nitrogens with two attached hydrogens (primary N) is 1. The van der Waals surface area contributed by atoms with Gasteiger partial charge in [0.25, 0.3) is 0 Å². The molecule has 0 radical (unpaired) electrons. The second-order valence-corrected chi connectivity index (χ2v) is 5.38. The van der Waals surface area contributed by atoms with E-state index in [0.717, 1.165) is 16.9 Å². The van der Waals surface area contributed by atoms with Gasteiger partial charge in [-0.15, -0.1) is 0 Å². The molecule has 2 rings (SSSR count). The Hall–Kier alpha value is -1.63. The maximum absolute atomic E-state index is 11.8. The number of fused-ring (bicyclic) bond motifs is 1. The van der Waals surface area contributed by atoms with Crippen molar-refractivity contribution in [3.63, 3.8) is 0 Å². The number of aromatic nitrogens is 4. The summed E-state index contributed by atoms with van der Waals surface area (Å²) >= 11 is 5.35. The summed E-state index contributed by atoms with van der Waals surface area (Å²) in [7, 11) is 0. The van der Waals surface area contributed by atoms with E-state index in [9.17, 15) is 4.79 Å². The second-order valence-electron chi connectivity index (χ2n) is 4.99. The molecule has 0 saturated carbocycles. The van der Waals surface area contributed by atoms with Crippen LogP contribution in [0.15, 0.2) is 0 Å². The van der Waals surface area contributed by atoms with Crippen molar-refractivity contribution < 1.29 is 4.79 Å². The predicted octanol–water partition coefficient (Wildman–Crippen LogP) is 1.91. The van der Waals surface area contributed by atoms with Crippen LogP contribution < -0.4 is 5.73 Å². The molecule has 19 heavy (non-hydrogen) atoms. The van der Waals surface area contributed by atoms with Crippen LogP contribution in [0, 0.1) is 17.6 Å². The van der Waals surface area contributed by atoms with E-state index in [1.165, 1.54) is 0 Å². The van der Waals surface area contributed by atoms with Crippen LogP contribution in [0.3, 0.4) is 0 Å². The van der Waals surface area contributed by atoms with Crippen LogP contribution in [-0.2, 0) is 11.3 Å². The van der Waals surface area contributed by atoms with E-state index < -0.39 is 6.04 Å². The second kappa shape index (κ2) is 4.80. The van der Waals surface area contributed by atoms with Crippen molar-refractivity contribution in [2.75, 3.05) is 0 Å². The van der Waals surface area contributed by atoms with Crippen molar-refractivity contribution in [3.8, 4) is 0 Å². The Morgan fingerprint density at radius 3 is 2.63 bits per heavy atom. The maximum atomic E-state index is 11.8. The Balaban J connectivity index is 2.81. The molecule has 2 aromatic rings. The molecule has 6 nitrogen and oxygen atoms in total. The molecule has 104 valence electrons. The van der Waals surface area contributed by atoms with E-state index in [4.69, 9.17) is 18.0 Å². The minimum atomic E-state index is -0.470. The molecule has 0 fully saturated rings. The first-order valence-electron chi connectivity index (χ1n) is 6.35. The number of amides is 1. The molecule has 1 atom stereocenters. The first-order valence-corrected chi connectivity index (χ1v) is 6.76. The summed E-state index contributed by atoms with van der Waals surface area (Å²) in [4.78, 5) is 14.9. The SMILES string of the molecule is CCn1nc(C)c2[nH]c(=S)n(C(C(N)=O)C(C)C)c21. The maximum Gasteiger partial charge on any atom is 0.240 e. The lowest BCUT2D eigenvalue weighted by atomic mass is 10.0. The van der Waals surface area contributed by atoms with E-state index in [2.05, 4.69) is 10.1 Å². The summed E-state index contributed by atoms with van der Waals surface area (Å²) in [6.45, 7) is 8.53. The zero-order chi connectivity index (χ0) is 14.3. The Morgan fingerprint density at radius 2 is 2.16 bits per heavy atom. The molecule has 0 aromatic carbocycles. The van der Waals surface area contributed by atoms with Gasteiger partial charge in [-0.05, 0) is 32.0 Å². The van der Waals surface area contributed by atoms with Gasteiger partial charge in [0, 0.05) is 6.54 Å². The fourth-order valence-corrected chi connectivity index (χ4v) is 2.76.